The maximum absolute atomic E-state index is 3.98. The van der Waals surface area contributed by atoms with E-state index in [9.17, 15) is 0 Å². The van der Waals surface area contributed by atoms with Crippen LogP contribution >= 0.6 is 0 Å². The van der Waals surface area contributed by atoms with E-state index in [1.54, 1.807) is 0 Å². The van der Waals surface area contributed by atoms with E-state index in [0.717, 1.165) is 10.7 Å². The number of aromatic amines is 1. The van der Waals surface area contributed by atoms with Crippen LogP contribution in [0.5, 0.6) is 0 Å². The fourth-order valence-electron chi connectivity index (χ4n) is 1.29. The third kappa shape index (κ3) is 1.33. The predicted molar refractivity (Wildman–Crippen MR) is 52.0 cm³/mol. The summed E-state index contributed by atoms with van der Waals surface area (Å²) in [6, 6.07) is 0. The second kappa shape index (κ2) is 2.69. The molecule has 0 bridgehead atoms. The first-order valence-corrected chi connectivity index (χ1v) is 4.17. The highest BCUT2D eigenvalue weighted by atomic mass is 15.3. The van der Waals surface area contributed by atoms with Crippen LogP contribution in [0, 0.1) is 5.41 Å². The Morgan fingerprint density at radius 1 is 1.62 bits per heavy atom. The highest BCUT2D eigenvalue weighted by molar-refractivity contribution is 5.48. The van der Waals surface area contributed by atoms with Gasteiger partial charge in [0.2, 0.25) is 0 Å². The molecule has 0 radical (unpaired) electrons. The van der Waals surface area contributed by atoms with Gasteiger partial charge in [0, 0.05) is 5.41 Å². The van der Waals surface area contributed by atoms with Crippen LogP contribution in [0.4, 0.5) is 0 Å². The van der Waals surface area contributed by atoms with Crippen molar-refractivity contribution in [3.8, 4) is 0 Å². The Bertz CT molecular complexity index is 467. The highest BCUT2D eigenvalue weighted by Gasteiger charge is 2.13. The molecule has 1 unspecified atom stereocenters. The molecule has 3 nitrogen and oxygen atoms in total. The number of aromatic nitrogens is 3. The highest BCUT2D eigenvalue weighted by Crippen LogP contribution is 2.21. The van der Waals surface area contributed by atoms with Gasteiger partial charge in [0.1, 0.15) is 5.35 Å². The van der Waals surface area contributed by atoms with E-state index in [2.05, 4.69) is 35.0 Å². The molecule has 66 valence electrons. The quantitative estimate of drug-likeness (QED) is 0.613. The van der Waals surface area contributed by atoms with Gasteiger partial charge >= 0.3 is 0 Å². The van der Waals surface area contributed by atoms with Gasteiger partial charge in [0.25, 0.3) is 0 Å². The summed E-state index contributed by atoms with van der Waals surface area (Å²) in [5.41, 5.74) is -0.126. The van der Waals surface area contributed by atoms with Crippen LogP contribution in [-0.4, -0.2) is 15.4 Å². The first-order chi connectivity index (χ1) is 6.23. The minimum absolute atomic E-state index is 0.126. The zero-order valence-corrected chi connectivity index (χ0v) is 7.49. The molecule has 0 fully saturated rings. The first-order valence-electron chi connectivity index (χ1n) is 4.17. The van der Waals surface area contributed by atoms with Crippen molar-refractivity contribution in [2.75, 3.05) is 0 Å². The Morgan fingerprint density at radius 2 is 2.46 bits per heavy atom. The van der Waals surface area contributed by atoms with E-state index < -0.39 is 0 Å². The molecule has 0 aliphatic heterocycles. The zero-order chi connectivity index (χ0) is 9.31. The molecule has 1 heterocycles. The first kappa shape index (κ1) is 7.98. The average molecular weight is 173 g/mol. The molecule has 0 saturated carbocycles. The van der Waals surface area contributed by atoms with E-state index in [1.165, 1.54) is 0 Å². The van der Waals surface area contributed by atoms with Crippen LogP contribution in [-0.2, 0) is 0 Å². The largest absolute Gasteiger partial charge is 0.258 e. The van der Waals surface area contributed by atoms with Gasteiger partial charge in [0.05, 0.1) is 5.35 Å². The Hall–Kier alpha value is -1.64. The summed E-state index contributed by atoms with van der Waals surface area (Å²) in [4.78, 5) is 0. The van der Waals surface area contributed by atoms with E-state index in [-0.39, 0.29) is 5.41 Å². The summed E-state index contributed by atoms with van der Waals surface area (Å²) in [6.45, 7) is 5.88. The van der Waals surface area contributed by atoms with Gasteiger partial charge < -0.3 is 0 Å². The Balaban J connectivity index is 2.73. The van der Waals surface area contributed by atoms with E-state index in [0.29, 0.717) is 0 Å². The summed E-state index contributed by atoms with van der Waals surface area (Å²) in [6.07, 6.45) is 9.96. The predicted octanol–water partition coefficient (Wildman–Crippen LogP) is 0.128. The molecule has 13 heavy (non-hydrogen) atoms. The van der Waals surface area contributed by atoms with Crippen molar-refractivity contribution in [2.24, 2.45) is 5.41 Å². The second-order valence-electron chi connectivity index (χ2n) is 3.35. The smallest absolute Gasteiger partial charge is 0.110 e. The fraction of sp³-hybridized carbons (Fsp3) is 0.200. The minimum atomic E-state index is -0.126. The van der Waals surface area contributed by atoms with Gasteiger partial charge in [-0.15, -0.1) is 11.7 Å². The van der Waals surface area contributed by atoms with Crippen molar-refractivity contribution in [1.82, 2.24) is 15.4 Å². The summed E-state index contributed by atoms with van der Waals surface area (Å²) < 4.78 is 0. The van der Waals surface area contributed by atoms with Gasteiger partial charge in [-0.3, -0.25) is 5.10 Å². The van der Waals surface area contributed by atoms with Crippen molar-refractivity contribution < 1.29 is 0 Å². The second-order valence-corrected chi connectivity index (χ2v) is 3.35. The van der Waals surface area contributed by atoms with Gasteiger partial charge in [-0.05, 0) is 19.1 Å². The molecule has 1 atom stereocenters. The number of H-pyrrole nitrogens is 1. The number of allylic oxidation sites excluding steroid dienone is 3. The summed E-state index contributed by atoms with van der Waals surface area (Å²) in [5.74, 6) is 0. The van der Waals surface area contributed by atoms with Gasteiger partial charge in [0.15, 0.2) is 0 Å². The molecule has 0 amide bonds. The van der Waals surface area contributed by atoms with Crippen molar-refractivity contribution in [3.05, 3.63) is 35.5 Å². The maximum atomic E-state index is 3.98. The number of nitrogens with one attached hydrogen (secondary N) is 1. The number of fused-ring (bicyclic) bond motifs is 1. The van der Waals surface area contributed by atoms with Crippen LogP contribution in [0.3, 0.4) is 0 Å². The van der Waals surface area contributed by atoms with Gasteiger partial charge in [-0.1, -0.05) is 23.4 Å². The molecule has 1 aliphatic carbocycles. The molecule has 2 rings (SSSR count). The van der Waals surface area contributed by atoms with Crippen molar-refractivity contribution in [3.63, 3.8) is 0 Å². The SMILES string of the molecule is C=CC1(C)C=CC=c2[nH]nnc2=C1. The lowest BCUT2D eigenvalue weighted by Gasteiger charge is -2.13. The number of hydrogen-bond donors (Lipinski definition) is 1. The van der Waals surface area contributed by atoms with E-state index >= 15 is 0 Å². The molecular formula is C10H11N3. The third-order valence-electron chi connectivity index (χ3n) is 2.21. The van der Waals surface area contributed by atoms with Crippen LogP contribution in [0.15, 0.2) is 24.8 Å². The zero-order valence-electron chi connectivity index (χ0n) is 7.49. The maximum Gasteiger partial charge on any atom is 0.110 e. The molecular weight excluding hydrogens is 162 g/mol. The van der Waals surface area contributed by atoms with E-state index in [4.69, 9.17) is 0 Å². The average Bonchev–Trinajstić information content (AvgIpc) is 2.47. The van der Waals surface area contributed by atoms with Crippen LogP contribution < -0.4 is 10.7 Å². The topological polar surface area (TPSA) is 41.6 Å². The summed E-state index contributed by atoms with van der Waals surface area (Å²) >= 11 is 0. The van der Waals surface area contributed by atoms with Gasteiger partial charge in [-0.25, -0.2) is 0 Å². The molecule has 0 saturated heterocycles. The Morgan fingerprint density at radius 3 is 3.23 bits per heavy atom. The normalized spacial score (nSPS) is 25.3. The molecule has 0 spiro atoms. The molecule has 3 heteroatoms. The summed E-state index contributed by atoms with van der Waals surface area (Å²) in [5, 5.41) is 12.4. The Labute approximate surface area is 76.2 Å². The van der Waals surface area contributed by atoms with Crippen molar-refractivity contribution >= 4 is 12.2 Å². The summed E-state index contributed by atoms with van der Waals surface area (Å²) in [7, 11) is 0. The minimum Gasteiger partial charge on any atom is -0.258 e. The number of nitrogens with zero attached hydrogens (tertiary/aromatic N) is 2. The van der Waals surface area contributed by atoms with Crippen molar-refractivity contribution in [1.29, 1.82) is 0 Å². The molecule has 1 aromatic heterocycles. The van der Waals surface area contributed by atoms with Gasteiger partial charge in [-0.2, -0.15) is 0 Å². The fourth-order valence-corrected chi connectivity index (χ4v) is 1.29. The standard InChI is InChI=1S/C10H11N3/c1-3-10(2)6-4-5-8-9(7-10)12-13-11-8/h3-7H,1H2,2H3,(H,11,12). The number of rotatable bonds is 1. The van der Waals surface area contributed by atoms with E-state index in [1.807, 2.05) is 24.3 Å². The third-order valence-corrected chi connectivity index (χ3v) is 2.21. The molecule has 1 aromatic rings. The lowest BCUT2D eigenvalue weighted by Crippen LogP contribution is -2.25. The van der Waals surface area contributed by atoms with Crippen LogP contribution in [0.2, 0.25) is 0 Å². The van der Waals surface area contributed by atoms with Crippen LogP contribution in [0.1, 0.15) is 6.92 Å². The monoisotopic (exact) mass is 173 g/mol. The van der Waals surface area contributed by atoms with Crippen molar-refractivity contribution in [2.45, 2.75) is 6.92 Å². The lowest BCUT2D eigenvalue weighted by molar-refractivity contribution is 0.764. The van der Waals surface area contributed by atoms with Crippen LogP contribution in [0.25, 0.3) is 12.2 Å². The molecule has 0 aromatic carbocycles. The number of hydrogen-bond acceptors (Lipinski definition) is 2. The lowest BCUT2D eigenvalue weighted by atomic mass is 9.90. The Kier molecular flexibility index (Phi) is 1.65. The molecule has 1 aliphatic rings. The molecule has 1 N–H and O–H groups in total.